The van der Waals surface area contributed by atoms with Gasteiger partial charge in [-0.15, -0.1) is 0 Å². The van der Waals surface area contributed by atoms with Gasteiger partial charge in [0.2, 0.25) is 0 Å². The van der Waals surface area contributed by atoms with Gasteiger partial charge >= 0.3 is 0 Å². The molecule has 2 heteroatoms. The lowest BCUT2D eigenvalue weighted by molar-refractivity contribution is 0.518. The minimum Gasteiger partial charge on any atom is -0.324 e. The molecule has 1 unspecified atom stereocenters. The summed E-state index contributed by atoms with van der Waals surface area (Å²) < 4.78 is 14.0. The van der Waals surface area contributed by atoms with Crippen LogP contribution in [0, 0.1) is 19.7 Å². The lowest BCUT2D eigenvalue weighted by Crippen LogP contribution is -2.14. The van der Waals surface area contributed by atoms with E-state index in [1.54, 1.807) is 6.07 Å². The Morgan fingerprint density at radius 3 is 2.20 bits per heavy atom. The minimum atomic E-state index is -0.161. The van der Waals surface area contributed by atoms with Crippen molar-refractivity contribution in [2.45, 2.75) is 78.2 Å². The van der Waals surface area contributed by atoms with Gasteiger partial charge in [0.1, 0.15) is 5.82 Å². The van der Waals surface area contributed by atoms with Crippen molar-refractivity contribution in [3.8, 4) is 0 Å². The van der Waals surface area contributed by atoms with Gasteiger partial charge in [0.25, 0.3) is 0 Å². The molecule has 0 saturated carbocycles. The fourth-order valence-electron chi connectivity index (χ4n) is 2.86. The summed E-state index contributed by atoms with van der Waals surface area (Å²) in [5.74, 6) is -0.141. The average molecular weight is 279 g/mol. The van der Waals surface area contributed by atoms with E-state index in [1.807, 2.05) is 19.9 Å². The van der Waals surface area contributed by atoms with Crippen molar-refractivity contribution < 1.29 is 4.39 Å². The first-order valence-corrected chi connectivity index (χ1v) is 8.08. The van der Waals surface area contributed by atoms with Crippen LogP contribution < -0.4 is 5.73 Å². The molecule has 0 amide bonds. The van der Waals surface area contributed by atoms with Gasteiger partial charge in [-0.05, 0) is 37.5 Å². The predicted octanol–water partition coefficient (Wildman–Crippen LogP) is 5.58. The van der Waals surface area contributed by atoms with Gasteiger partial charge < -0.3 is 5.73 Å². The highest BCUT2D eigenvalue weighted by atomic mass is 19.1. The van der Waals surface area contributed by atoms with E-state index in [-0.39, 0.29) is 11.9 Å². The van der Waals surface area contributed by atoms with Gasteiger partial charge in [-0.25, -0.2) is 4.39 Å². The molecule has 0 heterocycles. The van der Waals surface area contributed by atoms with Gasteiger partial charge in [-0.2, -0.15) is 0 Å². The highest BCUT2D eigenvalue weighted by Gasteiger charge is 2.14. The molecule has 0 spiro atoms. The Hall–Kier alpha value is -0.890. The molecular weight excluding hydrogens is 249 g/mol. The fourth-order valence-corrected chi connectivity index (χ4v) is 2.86. The molecule has 1 nitrogen and oxygen atoms in total. The number of hydrogen-bond acceptors (Lipinski definition) is 1. The van der Waals surface area contributed by atoms with Crippen molar-refractivity contribution in [3.63, 3.8) is 0 Å². The van der Waals surface area contributed by atoms with Gasteiger partial charge in [-0.1, -0.05) is 57.9 Å². The van der Waals surface area contributed by atoms with E-state index >= 15 is 0 Å². The van der Waals surface area contributed by atoms with Crippen LogP contribution in [0.5, 0.6) is 0 Å². The SMILES string of the molecule is CCCCCCCCCC(N)c1c(C)cc(C)cc1F. The smallest absolute Gasteiger partial charge is 0.128 e. The van der Waals surface area contributed by atoms with Gasteiger partial charge in [-0.3, -0.25) is 0 Å². The van der Waals surface area contributed by atoms with Gasteiger partial charge in [0, 0.05) is 11.6 Å². The first-order chi connectivity index (χ1) is 9.56. The van der Waals surface area contributed by atoms with Crippen LogP contribution in [0.1, 0.15) is 81.0 Å². The monoisotopic (exact) mass is 279 g/mol. The zero-order valence-corrected chi connectivity index (χ0v) is 13.3. The van der Waals surface area contributed by atoms with Crippen molar-refractivity contribution in [1.29, 1.82) is 0 Å². The molecule has 1 aromatic carbocycles. The number of hydrogen-bond donors (Lipinski definition) is 1. The molecule has 0 aliphatic heterocycles. The lowest BCUT2D eigenvalue weighted by atomic mass is 9.95. The highest BCUT2D eigenvalue weighted by Crippen LogP contribution is 2.25. The number of nitrogens with two attached hydrogens (primary N) is 1. The average Bonchev–Trinajstić information content (AvgIpc) is 2.36. The molecule has 1 rings (SSSR count). The zero-order valence-electron chi connectivity index (χ0n) is 13.3. The summed E-state index contributed by atoms with van der Waals surface area (Å²) in [6, 6.07) is 3.45. The summed E-state index contributed by atoms with van der Waals surface area (Å²) >= 11 is 0. The van der Waals surface area contributed by atoms with Crippen molar-refractivity contribution in [2.75, 3.05) is 0 Å². The zero-order chi connectivity index (χ0) is 15.0. The number of unbranched alkanes of at least 4 members (excludes halogenated alkanes) is 6. The summed E-state index contributed by atoms with van der Waals surface area (Å²) in [5, 5.41) is 0. The van der Waals surface area contributed by atoms with Crippen LogP contribution in [0.4, 0.5) is 4.39 Å². The number of aryl methyl sites for hydroxylation is 2. The molecule has 0 aliphatic carbocycles. The Balaban J connectivity index is 2.34. The second kappa shape index (κ2) is 9.12. The molecule has 20 heavy (non-hydrogen) atoms. The summed E-state index contributed by atoms with van der Waals surface area (Å²) in [5.41, 5.74) is 8.83. The normalized spacial score (nSPS) is 12.7. The number of halogens is 1. The molecule has 0 saturated heterocycles. The van der Waals surface area contributed by atoms with Crippen LogP contribution in [0.2, 0.25) is 0 Å². The summed E-state index contributed by atoms with van der Waals surface area (Å²) in [6.45, 7) is 6.11. The second-order valence-corrected chi connectivity index (χ2v) is 5.99. The van der Waals surface area contributed by atoms with E-state index in [4.69, 9.17) is 5.73 Å². The maximum absolute atomic E-state index is 14.0. The largest absolute Gasteiger partial charge is 0.324 e. The van der Waals surface area contributed by atoms with Crippen molar-refractivity contribution >= 4 is 0 Å². The van der Waals surface area contributed by atoms with Crippen LogP contribution in [0.15, 0.2) is 12.1 Å². The predicted molar refractivity (Wildman–Crippen MR) is 85.4 cm³/mol. The van der Waals surface area contributed by atoms with Gasteiger partial charge in [0.05, 0.1) is 0 Å². The molecule has 0 radical (unpaired) electrons. The summed E-state index contributed by atoms with van der Waals surface area (Å²) in [4.78, 5) is 0. The van der Waals surface area contributed by atoms with E-state index in [0.717, 1.165) is 24.0 Å². The van der Waals surface area contributed by atoms with Crippen molar-refractivity contribution in [3.05, 3.63) is 34.6 Å². The molecule has 0 fully saturated rings. The number of benzene rings is 1. The molecule has 0 bridgehead atoms. The Morgan fingerprint density at radius 1 is 1.00 bits per heavy atom. The second-order valence-electron chi connectivity index (χ2n) is 5.99. The molecule has 0 aliphatic rings. The van der Waals surface area contributed by atoms with Crippen molar-refractivity contribution in [2.24, 2.45) is 5.73 Å². The highest BCUT2D eigenvalue weighted by molar-refractivity contribution is 5.34. The lowest BCUT2D eigenvalue weighted by Gasteiger charge is -2.16. The summed E-state index contributed by atoms with van der Waals surface area (Å²) in [7, 11) is 0. The quantitative estimate of drug-likeness (QED) is 0.586. The topological polar surface area (TPSA) is 26.0 Å². The van der Waals surface area contributed by atoms with E-state index in [9.17, 15) is 4.39 Å². The molecule has 0 aromatic heterocycles. The van der Waals surface area contributed by atoms with Gasteiger partial charge in [0.15, 0.2) is 0 Å². The standard InChI is InChI=1S/C18H30FN/c1-4-5-6-7-8-9-10-11-17(20)18-15(3)12-14(2)13-16(18)19/h12-13,17H,4-11,20H2,1-3H3. The van der Waals surface area contributed by atoms with E-state index in [2.05, 4.69) is 6.92 Å². The molecule has 1 atom stereocenters. The number of rotatable bonds is 9. The molecule has 114 valence electrons. The van der Waals surface area contributed by atoms with Crippen LogP contribution >= 0.6 is 0 Å². The van der Waals surface area contributed by atoms with E-state index in [1.165, 1.54) is 38.5 Å². The van der Waals surface area contributed by atoms with Crippen LogP contribution in [0.3, 0.4) is 0 Å². The Labute approximate surface area is 123 Å². The van der Waals surface area contributed by atoms with Crippen LogP contribution in [-0.4, -0.2) is 0 Å². The third kappa shape index (κ3) is 5.62. The Kier molecular flexibility index (Phi) is 7.83. The van der Waals surface area contributed by atoms with E-state index < -0.39 is 0 Å². The maximum atomic E-state index is 14.0. The minimum absolute atomic E-state index is 0.141. The molecular formula is C18H30FN. The fraction of sp³-hybridized carbons (Fsp3) is 0.667. The van der Waals surface area contributed by atoms with Crippen LogP contribution in [0.25, 0.3) is 0 Å². The molecule has 1 aromatic rings. The maximum Gasteiger partial charge on any atom is 0.128 e. The Morgan fingerprint density at radius 2 is 1.60 bits per heavy atom. The first kappa shape index (κ1) is 17.2. The summed E-state index contributed by atoms with van der Waals surface area (Å²) in [6.07, 6.45) is 9.76. The van der Waals surface area contributed by atoms with Crippen LogP contribution in [-0.2, 0) is 0 Å². The first-order valence-electron chi connectivity index (χ1n) is 8.08. The third-order valence-corrected chi connectivity index (χ3v) is 3.97. The molecule has 2 N–H and O–H groups in total. The van der Waals surface area contributed by atoms with Crippen molar-refractivity contribution in [1.82, 2.24) is 0 Å². The van der Waals surface area contributed by atoms with E-state index in [0.29, 0.717) is 5.56 Å². The third-order valence-electron chi connectivity index (χ3n) is 3.97. The Bertz CT molecular complexity index is 377.